The van der Waals surface area contributed by atoms with E-state index < -0.39 is 0 Å². The number of ether oxygens (including phenoxy) is 1. The molecule has 0 saturated carbocycles. The third-order valence-electron chi connectivity index (χ3n) is 4.36. The minimum atomic E-state index is -0.307. The summed E-state index contributed by atoms with van der Waals surface area (Å²) in [7, 11) is 1.58. The number of benzene rings is 1. The van der Waals surface area contributed by atoms with E-state index in [1.807, 2.05) is 32.9 Å². The molecule has 0 bridgehead atoms. The molecule has 1 heterocycles. The number of carbonyl (C=O) groups is 2. The van der Waals surface area contributed by atoms with Crippen LogP contribution in [0, 0.1) is 6.92 Å². The third-order valence-corrected chi connectivity index (χ3v) is 4.80. The number of rotatable bonds is 9. The van der Waals surface area contributed by atoms with Crippen LogP contribution in [0.2, 0.25) is 10.0 Å². The molecule has 29 heavy (non-hydrogen) atoms. The summed E-state index contributed by atoms with van der Waals surface area (Å²) in [4.78, 5) is 29.2. The van der Waals surface area contributed by atoms with E-state index in [4.69, 9.17) is 32.4 Å². The van der Waals surface area contributed by atoms with Gasteiger partial charge in [0.15, 0.2) is 0 Å². The van der Waals surface area contributed by atoms with Crippen LogP contribution in [0.15, 0.2) is 34.7 Å². The first-order valence-corrected chi connectivity index (χ1v) is 10.1. The number of halogens is 2. The second kappa shape index (κ2) is 10.7. The molecule has 0 spiro atoms. The number of nitrogens with zero attached hydrogens (tertiary/aromatic N) is 2. The van der Waals surface area contributed by atoms with E-state index in [-0.39, 0.29) is 24.4 Å². The van der Waals surface area contributed by atoms with Crippen molar-refractivity contribution in [2.75, 3.05) is 26.8 Å². The molecular formula is C21H26Cl2N2O4. The van der Waals surface area contributed by atoms with E-state index in [9.17, 15) is 9.59 Å². The van der Waals surface area contributed by atoms with Crippen molar-refractivity contribution in [3.05, 3.63) is 57.5 Å². The summed E-state index contributed by atoms with van der Waals surface area (Å²) in [6.45, 7) is 6.55. The Morgan fingerprint density at radius 3 is 2.31 bits per heavy atom. The predicted octanol–water partition coefficient (Wildman–Crippen LogP) is 4.42. The van der Waals surface area contributed by atoms with Gasteiger partial charge in [0.05, 0.1) is 13.2 Å². The van der Waals surface area contributed by atoms with Gasteiger partial charge in [-0.3, -0.25) is 9.59 Å². The Balaban J connectivity index is 2.18. The van der Waals surface area contributed by atoms with Crippen molar-refractivity contribution in [2.24, 2.45) is 0 Å². The molecule has 0 aliphatic heterocycles. The minimum absolute atomic E-state index is 0.0793. The van der Waals surface area contributed by atoms with Crippen molar-refractivity contribution < 1.29 is 18.7 Å². The Labute approximate surface area is 181 Å². The molecule has 8 heteroatoms. The molecule has 0 unspecified atom stereocenters. The van der Waals surface area contributed by atoms with Crippen molar-refractivity contribution in [1.29, 1.82) is 0 Å². The number of furan rings is 1. The summed E-state index contributed by atoms with van der Waals surface area (Å²) in [5, 5.41) is 0.733. The maximum Gasteiger partial charge on any atom is 0.254 e. The van der Waals surface area contributed by atoms with Crippen LogP contribution in [-0.4, -0.2) is 54.5 Å². The lowest BCUT2D eigenvalue weighted by molar-refractivity contribution is -0.133. The van der Waals surface area contributed by atoms with Gasteiger partial charge in [-0.1, -0.05) is 23.2 Å². The number of hydrogen-bond donors (Lipinski definition) is 0. The zero-order valence-electron chi connectivity index (χ0n) is 17.1. The maximum atomic E-state index is 13.0. The largest absolute Gasteiger partial charge is 0.464 e. The molecule has 1 aromatic heterocycles. The zero-order chi connectivity index (χ0) is 21.6. The van der Waals surface area contributed by atoms with E-state index in [0.717, 1.165) is 5.76 Å². The number of amides is 2. The van der Waals surface area contributed by atoms with E-state index in [0.29, 0.717) is 41.1 Å². The van der Waals surface area contributed by atoms with Crippen LogP contribution in [-0.2, 0) is 16.1 Å². The molecular weight excluding hydrogens is 415 g/mol. The first-order chi connectivity index (χ1) is 13.7. The zero-order valence-corrected chi connectivity index (χ0v) is 18.6. The van der Waals surface area contributed by atoms with Gasteiger partial charge in [0.1, 0.15) is 18.1 Å². The van der Waals surface area contributed by atoms with Crippen LogP contribution in [0.1, 0.15) is 35.7 Å². The van der Waals surface area contributed by atoms with Gasteiger partial charge in [0, 0.05) is 35.3 Å². The lowest BCUT2D eigenvalue weighted by Crippen LogP contribution is -2.46. The van der Waals surface area contributed by atoms with E-state index in [1.165, 1.54) is 4.90 Å². The molecule has 2 rings (SSSR count). The predicted molar refractivity (Wildman–Crippen MR) is 113 cm³/mol. The second-order valence-corrected chi connectivity index (χ2v) is 7.88. The monoisotopic (exact) mass is 440 g/mol. The van der Waals surface area contributed by atoms with Gasteiger partial charge in [-0.15, -0.1) is 0 Å². The van der Waals surface area contributed by atoms with E-state index >= 15 is 0 Å². The minimum Gasteiger partial charge on any atom is -0.464 e. The average Bonchev–Trinajstić information content (AvgIpc) is 3.06. The highest BCUT2D eigenvalue weighted by Crippen LogP contribution is 2.21. The molecule has 0 aliphatic carbocycles. The Kier molecular flexibility index (Phi) is 8.56. The standard InChI is InChI=1S/C21H26Cl2N2O4/c1-14(2)25(21(27)16-9-17(22)11-18(23)10-16)13-20(26)24(7-8-28-4)12-19-6-5-15(3)29-19/h5-6,9-11,14H,7-8,12-13H2,1-4H3. The van der Waals surface area contributed by atoms with Gasteiger partial charge in [-0.25, -0.2) is 0 Å². The lowest BCUT2D eigenvalue weighted by atomic mass is 10.1. The maximum absolute atomic E-state index is 13.0. The van der Waals surface area contributed by atoms with Crippen LogP contribution in [0.5, 0.6) is 0 Å². The highest BCUT2D eigenvalue weighted by Gasteiger charge is 2.25. The Morgan fingerprint density at radius 2 is 1.79 bits per heavy atom. The molecule has 0 atom stereocenters. The molecule has 158 valence electrons. The van der Waals surface area contributed by atoms with Crippen molar-refractivity contribution >= 4 is 35.0 Å². The summed E-state index contributed by atoms with van der Waals surface area (Å²) < 4.78 is 10.7. The number of carbonyl (C=O) groups excluding carboxylic acids is 2. The van der Waals surface area contributed by atoms with Crippen LogP contribution in [0.4, 0.5) is 0 Å². The fourth-order valence-corrected chi connectivity index (χ4v) is 3.36. The Bertz CT molecular complexity index is 831. The summed E-state index contributed by atoms with van der Waals surface area (Å²) >= 11 is 12.1. The molecule has 1 aromatic carbocycles. The van der Waals surface area contributed by atoms with Gasteiger partial charge in [0.25, 0.3) is 5.91 Å². The topological polar surface area (TPSA) is 63.0 Å². The quantitative estimate of drug-likeness (QED) is 0.578. The van der Waals surface area contributed by atoms with Gasteiger partial charge in [-0.2, -0.15) is 0 Å². The van der Waals surface area contributed by atoms with Gasteiger partial charge in [-0.05, 0) is 51.1 Å². The molecule has 0 saturated heterocycles. The Morgan fingerprint density at radius 1 is 1.14 bits per heavy atom. The third kappa shape index (κ3) is 6.77. The fourth-order valence-electron chi connectivity index (χ4n) is 2.83. The summed E-state index contributed by atoms with van der Waals surface area (Å²) in [6, 6.07) is 8.14. The normalized spacial score (nSPS) is 11.0. The highest BCUT2D eigenvalue weighted by molar-refractivity contribution is 6.35. The summed E-state index contributed by atoms with van der Waals surface area (Å²) in [5.41, 5.74) is 0.342. The van der Waals surface area contributed by atoms with Crippen LogP contribution in [0.3, 0.4) is 0 Å². The fraction of sp³-hybridized carbons (Fsp3) is 0.429. The number of hydrogen-bond acceptors (Lipinski definition) is 4. The van der Waals surface area contributed by atoms with E-state index in [1.54, 1.807) is 30.2 Å². The molecule has 0 fully saturated rings. The summed E-state index contributed by atoms with van der Waals surface area (Å²) in [6.07, 6.45) is 0. The number of aryl methyl sites for hydroxylation is 1. The smallest absolute Gasteiger partial charge is 0.254 e. The van der Waals surface area contributed by atoms with Gasteiger partial charge < -0.3 is 19.0 Å². The van der Waals surface area contributed by atoms with Crippen molar-refractivity contribution in [1.82, 2.24) is 9.80 Å². The van der Waals surface area contributed by atoms with Crippen molar-refractivity contribution in [2.45, 2.75) is 33.4 Å². The summed E-state index contributed by atoms with van der Waals surface area (Å²) in [5.74, 6) is 0.941. The average molecular weight is 441 g/mol. The SMILES string of the molecule is COCCN(Cc1ccc(C)o1)C(=O)CN(C(=O)c1cc(Cl)cc(Cl)c1)C(C)C. The van der Waals surface area contributed by atoms with Crippen LogP contribution >= 0.6 is 23.2 Å². The first-order valence-electron chi connectivity index (χ1n) is 9.30. The molecule has 2 amide bonds. The molecule has 0 radical (unpaired) electrons. The molecule has 0 aliphatic rings. The first kappa shape index (κ1) is 23.3. The highest BCUT2D eigenvalue weighted by atomic mass is 35.5. The molecule has 0 N–H and O–H groups in total. The van der Waals surface area contributed by atoms with Gasteiger partial charge in [0.2, 0.25) is 5.91 Å². The second-order valence-electron chi connectivity index (χ2n) is 7.01. The molecule has 6 nitrogen and oxygen atoms in total. The Hall–Kier alpha value is -2.02. The van der Waals surface area contributed by atoms with Gasteiger partial charge >= 0.3 is 0 Å². The van der Waals surface area contributed by atoms with E-state index in [2.05, 4.69) is 0 Å². The van der Waals surface area contributed by atoms with Crippen molar-refractivity contribution in [3.63, 3.8) is 0 Å². The van der Waals surface area contributed by atoms with Crippen LogP contribution < -0.4 is 0 Å². The van der Waals surface area contributed by atoms with Crippen LogP contribution in [0.25, 0.3) is 0 Å². The number of methoxy groups -OCH3 is 1. The lowest BCUT2D eigenvalue weighted by Gasteiger charge is -2.30. The molecule has 2 aromatic rings. The van der Waals surface area contributed by atoms with Crippen molar-refractivity contribution in [3.8, 4) is 0 Å².